The Morgan fingerprint density at radius 2 is 2.15 bits per heavy atom. The first-order valence-corrected chi connectivity index (χ1v) is 3.67. The molecule has 3 nitrogen and oxygen atoms in total. The lowest BCUT2D eigenvalue weighted by Gasteiger charge is -2.06. The van der Waals surface area contributed by atoms with Crippen molar-refractivity contribution in [3.8, 4) is 11.8 Å². The molecule has 0 spiro atoms. The molecule has 68 valence electrons. The van der Waals surface area contributed by atoms with Crippen molar-refractivity contribution in [3.63, 3.8) is 0 Å². The number of rotatable bonds is 1. The third-order valence-corrected chi connectivity index (χ3v) is 1.69. The fourth-order valence-corrected chi connectivity index (χ4v) is 0.946. The van der Waals surface area contributed by atoms with Crippen molar-refractivity contribution >= 4 is 0 Å². The number of phenols is 1. The van der Waals surface area contributed by atoms with Gasteiger partial charge in [-0.2, -0.15) is 5.26 Å². The van der Waals surface area contributed by atoms with E-state index in [0.29, 0.717) is 0 Å². The first-order valence-electron chi connectivity index (χ1n) is 3.67. The van der Waals surface area contributed by atoms with Gasteiger partial charge in [-0.15, -0.1) is 0 Å². The summed E-state index contributed by atoms with van der Waals surface area (Å²) in [6.45, 7) is 1.45. The van der Waals surface area contributed by atoms with E-state index in [1.165, 1.54) is 13.0 Å². The molecular formula is C9H8FNO2. The van der Waals surface area contributed by atoms with Crippen molar-refractivity contribution < 1.29 is 14.6 Å². The number of hydrogen-bond donors (Lipinski definition) is 2. The maximum absolute atomic E-state index is 12.9. The molecule has 0 aromatic heterocycles. The van der Waals surface area contributed by atoms with Gasteiger partial charge in [0, 0.05) is 0 Å². The number of aliphatic hydroxyl groups excluding tert-OH is 1. The third kappa shape index (κ3) is 1.76. The molecule has 1 aromatic carbocycles. The van der Waals surface area contributed by atoms with Crippen molar-refractivity contribution in [3.05, 3.63) is 29.1 Å². The Hall–Kier alpha value is -1.60. The van der Waals surface area contributed by atoms with Gasteiger partial charge in [-0.1, -0.05) is 0 Å². The number of nitriles is 1. The monoisotopic (exact) mass is 181 g/mol. The van der Waals surface area contributed by atoms with E-state index in [-0.39, 0.29) is 11.1 Å². The van der Waals surface area contributed by atoms with Gasteiger partial charge < -0.3 is 10.2 Å². The number of hydrogen-bond acceptors (Lipinski definition) is 3. The summed E-state index contributed by atoms with van der Waals surface area (Å²) in [7, 11) is 0. The van der Waals surface area contributed by atoms with Gasteiger partial charge in [0.1, 0.15) is 6.07 Å². The minimum Gasteiger partial charge on any atom is -0.504 e. The Balaban J connectivity index is 3.32. The predicted molar refractivity (Wildman–Crippen MR) is 43.4 cm³/mol. The lowest BCUT2D eigenvalue weighted by atomic mass is 10.1. The van der Waals surface area contributed by atoms with Gasteiger partial charge in [0.15, 0.2) is 11.6 Å². The number of aromatic hydroxyl groups is 1. The normalized spacial score (nSPS) is 12.2. The Bertz CT molecular complexity index is 369. The fraction of sp³-hybridized carbons (Fsp3) is 0.222. The number of aliphatic hydroxyl groups is 1. The second-order valence-corrected chi connectivity index (χ2v) is 2.69. The predicted octanol–water partition coefficient (Wildman–Crippen LogP) is 1.46. The van der Waals surface area contributed by atoms with Crippen LogP contribution in [0.3, 0.4) is 0 Å². The smallest absolute Gasteiger partial charge is 0.169 e. The minimum atomic E-state index is -0.894. The van der Waals surface area contributed by atoms with Crippen LogP contribution < -0.4 is 0 Å². The molecule has 0 aliphatic rings. The Kier molecular flexibility index (Phi) is 2.49. The summed E-state index contributed by atoms with van der Waals surface area (Å²) in [5.74, 6) is -1.57. The Morgan fingerprint density at radius 1 is 1.54 bits per heavy atom. The highest BCUT2D eigenvalue weighted by Gasteiger charge is 2.11. The largest absolute Gasteiger partial charge is 0.504 e. The first kappa shape index (κ1) is 9.49. The van der Waals surface area contributed by atoms with E-state index in [9.17, 15) is 4.39 Å². The highest BCUT2D eigenvalue weighted by atomic mass is 19.1. The van der Waals surface area contributed by atoms with Crippen molar-refractivity contribution in [1.29, 1.82) is 5.26 Å². The maximum atomic E-state index is 12.9. The van der Waals surface area contributed by atoms with Crippen LogP contribution in [0.15, 0.2) is 12.1 Å². The quantitative estimate of drug-likeness (QED) is 0.689. The third-order valence-electron chi connectivity index (χ3n) is 1.69. The number of nitrogens with zero attached hydrogens (tertiary/aromatic N) is 1. The highest BCUT2D eigenvalue weighted by molar-refractivity contribution is 5.45. The van der Waals surface area contributed by atoms with Gasteiger partial charge >= 0.3 is 0 Å². The Labute approximate surface area is 74.7 Å². The second-order valence-electron chi connectivity index (χ2n) is 2.69. The molecule has 0 fully saturated rings. The van der Waals surface area contributed by atoms with Crippen molar-refractivity contribution in [1.82, 2.24) is 0 Å². The van der Waals surface area contributed by atoms with E-state index in [4.69, 9.17) is 15.5 Å². The van der Waals surface area contributed by atoms with Crippen LogP contribution in [0.25, 0.3) is 0 Å². The second kappa shape index (κ2) is 3.42. The summed E-state index contributed by atoms with van der Waals surface area (Å²) in [6, 6.07) is 3.88. The van der Waals surface area contributed by atoms with Gasteiger partial charge in [-0.05, 0) is 24.6 Å². The average Bonchev–Trinajstić information content (AvgIpc) is 2.09. The summed E-state index contributed by atoms with van der Waals surface area (Å²) in [5.41, 5.74) is 0.0998. The van der Waals surface area contributed by atoms with E-state index in [0.717, 1.165) is 6.07 Å². The zero-order valence-electron chi connectivity index (χ0n) is 6.95. The molecule has 13 heavy (non-hydrogen) atoms. The van der Waals surface area contributed by atoms with E-state index < -0.39 is 17.7 Å². The molecule has 0 saturated heterocycles. The molecule has 1 aromatic rings. The molecule has 0 heterocycles. The van der Waals surface area contributed by atoms with E-state index in [1.807, 2.05) is 0 Å². The molecule has 2 N–H and O–H groups in total. The SMILES string of the molecule is CC(O)c1cc(F)c(O)c(C#N)c1. The van der Waals surface area contributed by atoms with E-state index in [1.54, 1.807) is 6.07 Å². The van der Waals surface area contributed by atoms with Gasteiger partial charge in [0.25, 0.3) is 0 Å². The first-order chi connectivity index (χ1) is 6.06. The zero-order chi connectivity index (χ0) is 10.0. The molecule has 0 bridgehead atoms. The summed E-state index contributed by atoms with van der Waals surface area (Å²) < 4.78 is 12.9. The van der Waals surface area contributed by atoms with Crippen molar-refractivity contribution in [2.24, 2.45) is 0 Å². The zero-order valence-corrected chi connectivity index (χ0v) is 6.95. The molecule has 0 amide bonds. The van der Waals surface area contributed by atoms with Crippen LogP contribution in [0.1, 0.15) is 24.2 Å². The average molecular weight is 181 g/mol. The summed E-state index contributed by atoms with van der Waals surface area (Å²) >= 11 is 0. The topological polar surface area (TPSA) is 64.2 Å². The lowest BCUT2D eigenvalue weighted by molar-refractivity contribution is 0.198. The number of phenolic OH excluding ortho intramolecular Hbond substituents is 1. The number of benzene rings is 1. The van der Waals surface area contributed by atoms with Gasteiger partial charge in [0.2, 0.25) is 0 Å². The molecule has 0 aliphatic carbocycles. The van der Waals surface area contributed by atoms with Gasteiger partial charge in [-0.25, -0.2) is 4.39 Å². The lowest BCUT2D eigenvalue weighted by Crippen LogP contribution is -1.94. The van der Waals surface area contributed by atoms with Crippen LogP contribution >= 0.6 is 0 Å². The molecule has 0 saturated carbocycles. The molecular weight excluding hydrogens is 173 g/mol. The summed E-state index contributed by atoms with van der Waals surface area (Å²) in [5, 5.41) is 26.6. The Morgan fingerprint density at radius 3 is 2.62 bits per heavy atom. The van der Waals surface area contributed by atoms with Gasteiger partial charge in [0.05, 0.1) is 11.7 Å². The molecule has 4 heteroatoms. The standard InChI is InChI=1S/C9H8FNO2/c1-5(12)6-2-7(4-11)9(13)8(10)3-6/h2-3,5,12-13H,1H3. The minimum absolute atomic E-state index is 0.170. The fourth-order valence-electron chi connectivity index (χ4n) is 0.946. The molecule has 1 rings (SSSR count). The van der Waals surface area contributed by atoms with E-state index >= 15 is 0 Å². The van der Waals surface area contributed by atoms with E-state index in [2.05, 4.69) is 0 Å². The number of halogens is 1. The van der Waals surface area contributed by atoms with Crippen LogP contribution in [-0.2, 0) is 0 Å². The van der Waals surface area contributed by atoms with Crippen molar-refractivity contribution in [2.75, 3.05) is 0 Å². The summed E-state index contributed by atoms with van der Waals surface area (Å²) in [6.07, 6.45) is -0.859. The molecule has 0 aliphatic heterocycles. The van der Waals surface area contributed by atoms with Crippen molar-refractivity contribution in [2.45, 2.75) is 13.0 Å². The van der Waals surface area contributed by atoms with Crippen LogP contribution in [0.2, 0.25) is 0 Å². The molecule has 1 atom stereocenters. The summed E-state index contributed by atoms with van der Waals surface area (Å²) in [4.78, 5) is 0. The van der Waals surface area contributed by atoms with Crippen LogP contribution in [0.4, 0.5) is 4.39 Å². The maximum Gasteiger partial charge on any atom is 0.169 e. The van der Waals surface area contributed by atoms with Crippen LogP contribution in [0.5, 0.6) is 5.75 Å². The van der Waals surface area contributed by atoms with Gasteiger partial charge in [-0.3, -0.25) is 0 Å². The molecule has 1 unspecified atom stereocenters. The van der Waals surface area contributed by atoms with Crippen LogP contribution in [-0.4, -0.2) is 10.2 Å². The highest BCUT2D eigenvalue weighted by Crippen LogP contribution is 2.25. The van der Waals surface area contributed by atoms with Crippen LogP contribution in [0, 0.1) is 17.1 Å². The molecule has 0 radical (unpaired) electrons.